The Kier molecular flexibility index (Phi) is 2.36. The van der Waals surface area contributed by atoms with Gasteiger partial charge in [-0.2, -0.15) is 0 Å². The van der Waals surface area contributed by atoms with Crippen LogP contribution in [0, 0.1) is 12.3 Å². The second kappa shape index (κ2) is 3.23. The van der Waals surface area contributed by atoms with Gasteiger partial charge in [0.25, 0.3) is 0 Å². The van der Waals surface area contributed by atoms with Gasteiger partial charge < -0.3 is 5.11 Å². The van der Waals surface area contributed by atoms with Crippen LogP contribution in [0.5, 0.6) is 0 Å². The van der Waals surface area contributed by atoms with E-state index in [0.717, 1.165) is 11.4 Å². The molecule has 0 amide bonds. The Hall–Kier alpha value is -0.530. The molecular formula is C13H17ClO. The third-order valence-electron chi connectivity index (χ3n) is 3.89. The van der Waals surface area contributed by atoms with Gasteiger partial charge in [0.1, 0.15) is 0 Å². The third-order valence-corrected chi connectivity index (χ3v) is 4.12. The van der Waals surface area contributed by atoms with Crippen molar-refractivity contribution in [2.45, 2.75) is 32.6 Å². The Morgan fingerprint density at radius 2 is 2.00 bits per heavy atom. The first-order valence-electron chi connectivity index (χ1n) is 5.30. The van der Waals surface area contributed by atoms with Crippen LogP contribution in [0.1, 0.15) is 31.4 Å². The lowest BCUT2D eigenvalue weighted by atomic mass is 9.86. The molecule has 82 valence electrons. The number of aryl methyl sites for hydroxylation is 1. The molecule has 0 bridgehead atoms. The zero-order valence-corrected chi connectivity index (χ0v) is 10.2. The molecule has 2 rings (SSSR count). The molecule has 0 heterocycles. The molecule has 1 atom stereocenters. The molecule has 15 heavy (non-hydrogen) atoms. The zero-order chi connectivity index (χ0) is 11.3. The Balaban J connectivity index is 2.46. The van der Waals surface area contributed by atoms with Crippen molar-refractivity contribution in [3.63, 3.8) is 0 Å². The lowest BCUT2D eigenvalue weighted by molar-refractivity contribution is 0.231. The maximum Gasteiger partial charge on any atom is 0.0533 e. The van der Waals surface area contributed by atoms with Crippen LogP contribution in [0.4, 0.5) is 0 Å². The summed E-state index contributed by atoms with van der Waals surface area (Å²) in [7, 11) is 0. The van der Waals surface area contributed by atoms with Crippen molar-refractivity contribution in [2.24, 2.45) is 5.41 Å². The second-order valence-electron chi connectivity index (χ2n) is 5.26. The fourth-order valence-electron chi connectivity index (χ4n) is 2.69. The zero-order valence-electron chi connectivity index (χ0n) is 9.47. The highest BCUT2D eigenvalue weighted by Gasteiger charge is 2.61. The van der Waals surface area contributed by atoms with Crippen LogP contribution in [-0.4, -0.2) is 11.7 Å². The van der Waals surface area contributed by atoms with E-state index in [4.69, 9.17) is 11.6 Å². The summed E-state index contributed by atoms with van der Waals surface area (Å²) in [6, 6.07) is 5.95. The predicted octanol–water partition coefficient (Wildman–Crippen LogP) is 3.31. The Morgan fingerprint density at radius 3 is 2.40 bits per heavy atom. The van der Waals surface area contributed by atoms with E-state index in [1.807, 2.05) is 12.1 Å². The summed E-state index contributed by atoms with van der Waals surface area (Å²) in [6.07, 6.45) is 1.05. The fraction of sp³-hybridized carbons (Fsp3) is 0.538. The molecule has 1 aromatic carbocycles. The van der Waals surface area contributed by atoms with Crippen molar-refractivity contribution < 1.29 is 5.11 Å². The number of aliphatic hydroxyl groups excluding tert-OH is 1. The average molecular weight is 225 g/mol. The third kappa shape index (κ3) is 1.49. The van der Waals surface area contributed by atoms with Crippen molar-refractivity contribution in [1.82, 2.24) is 0 Å². The highest BCUT2D eigenvalue weighted by molar-refractivity contribution is 6.30. The first kappa shape index (κ1) is 11.0. The van der Waals surface area contributed by atoms with E-state index in [-0.39, 0.29) is 17.4 Å². The van der Waals surface area contributed by atoms with Gasteiger partial charge in [-0.1, -0.05) is 31.5 Å². The van der Waals surface area contributed by atoms with E-state index < -0.39 is 0 Å². The molecule has 1 fully saturated rings. The van der Waals surface area contributed by atoms with E-state index in [1.165, 1.54) is 11.1 Å². The van der Waals surface area contributed by atoms with E-state index in [9.17, 15) is 5.11 Å². The molecule has 0 radical (unpaired) electrons. The molecule has 1 aliphatic rings. The van der Waals surface area contributed by atoms with Crippen LogP contribution in [0.2, 0.25) is 5.02 Å². The molecule has 0 saturated heterocycles. The largest absolute Gasteiger partial charge is 0.395 e. The molecule has 1 aromatic rings. The van der Waals surface area contributed by atoms with Crippen LogP contribution in [-0.2, 0) is 5.41 Å². The molecule has 0 aliphatic heterocycles. The Morgan fingerprint density at radius 1 is 1.40 bits per heavy atom. The maximum absolute atomic E-state index is 9.61. The van der Waals surface area contributed by atoms with E-state index in [2.05, 4.69) is 26.8 Å². The monoisotopic (exact) mass is 224 g/mol. The van der Waals surface area contributed by atoms with Gasteiger partial charge in [0.15, 0.2) is 0 Å². The fourth-order valence-corrected chi connectivity index (χ4v) is 2.92. The average Bonchev–Trinajstić information content (AvgIpc) is 2.69. The molecule has 1 saturated carbocycles. The van der Waals surface area contributed by atoms with E-state index >= 15 is 0 Å². The molecule has 1 aliphatic carbocycles. The van der Waals surface area contributed by atoms with E-state index in [0.29, 0.717) is 0 Å². The molecule has 0 aromatic heterocycles. The molecular weight excluding hydrogens is 208 g/mol. The van der Waals surface area contributed by atoms with Gasteiger partial charge in [-0.25, -0.2) is 0 Å². The summed E-state index contributed by atoms with van der Waals surface area (Å²) in [5.74, 6) is 0. The van der Waals surface area contributed by atoms with Crippen LogP contribution in [0.3, 0.4) is 0 Å². The summed E-state index contributed by atoms with van der Waals surface area (Å²) in [4.78, 5) is 0. The maximum atomic E-state index is 9.61. The second-order valence-corrected chi connectivity index (χ2v) is 5.70. The highest BCUT2D eigenvalue weighted by Crippen LogP contribution is 2.64. The Labute approximate surface area is 96.1 Å². The van der Waals surface area contributed by atoms with Gasteiger partial charge in [0, 0.05) is 10.4 Å². The van der Waals surface area contributed by atoms with Crippen LogP contribution in [0.25, 0.3) is 0 Å². The van der Waals surface area contributed by atoms with Crippen molar-refractivity contribution in [3.05, 3.63) is 34.3 Å². The number of benzene rings is 1. The summed E-state index contributed by atoms with van der Waals surface area (Å²) in [6.45, 7) is 6.70. The Bertz CT molecular complexity index is 398. The van der Waals surface area contributed by atoms with Gasteiger partial charge in [-0.3, -0.25) is 0 Å². The SMILES string of the molecule is Cc1cc(Cl)ccc1C1(CO)CC1(C)C. The highest BCUT2D eigenvalue weighted by atomic mass is 35.5. The van der Waals surface area contributed by atoms with E-state index in [1.54, 1.807) is 0 Å². The first-order valence-corrected chi connectivity index (χ1v) is 5.68. The minimum Gasteiger partial charge on any atom is -0.395 e. The van der Waals surface area contributed by atoms with Gasteiger partial charge in [0.05, 0.1) is 6.61 Å². The van der Waals surface area contributed by atoms with Gasteiger partial charge >= 0.3 is 0 Å². The summed E-state index contributed by atoms with van der Waals surface area (Å²) in [5, 5.41) is 10.4. The number of hydrogen-bond acceptors (Lipinski definition) is 1. The van der Waals surface area contributed by atoms with Crippen molar-refractivity contribution in [2.75, 3.05) is 6.61 Å². The molecule has 1 N–H and O–H groups in total. The first-order chi connectivity index (χ1) is 6.93. The molecule has 1 unspecified atom stereocenters. The topological polar surface area (TPSA) is 20.2 Å². The summed E-state index contributed by atoms with van der Waals surface area (Å²) in [5.41, 5.74) is 2.60. The van der Waals surface area contributed by atoms with Gasteiger partial charge in [0.2, 0.25) is 0 Å². The lowest BCUT2D eigenvalue weighted by Gasteiger charge is -2.20. The quantitative estimate of drug-likeness (QED) is 0.817. The number of aliphatic hydroxyl groups is 1. The van der Waals surface area contributed by atoms with Crippen LogP contribution >= 0.6 is 11.6 Å². The number of rotatable bonds is 2. The summed E-state index contributed by atoms with van der Waals surface area (Å²) >= 11 is 5.94. The van der Waals surface area contributed by atoms with Crippen LogP contribution < -0.4 is 0 Å². The number of hydrogen-bond donors (Lipinski definition) is 1. The molecule has 0 spiro atoms. The van der Waals surface area contributed by atoms with Crippen molar-refractivity contribution >= 4 is 11.6 Å². The van der Waals surface area contributed by atoms with Gasteiger partial charge in [-0.05, 0) is 42.0 Å². The normalized spacial score (nSPS) is 27.8. The minimum absolute atomic E-state index is 0.0400. The minimum atomic E-state index is -0.0400. The lowest BCUT2D eigenvalue weighted by Crippen LogP contribution is -2.20. The summed E-state index contributed by atoms with van der Waals surface area (Å²) < 4.78 is 0. The van der Waals surface area contributed by atoms with Crippen molar-refractivity contribution in [3.8, 4) is 0 Å². The number of halogens is 1. The standard InChI is InChI=1S/C13H17ClO/c1-9-6-10(14)4-5-11(9)13(8-15)7-12(13,2)3/h4-6,15H,7-8H2,1-3H3. The van der Waals surface area contributed by atoms with Gasteiger partial charge in [-0.15, -0.1) is 0 Å². The smallest absolute Gasteiger partial charge is 0.0533 e. The predicted molar refractivity (Wildman–Crippen MR) is 63.4 cm³/mol. The van der Waals surface area contributed by atoms with Crippen molar-refractivity contribution in [1.29, 1.82) is 0 Å². The molecule has 2 heteroatoms. The van der Waals surface area contributed by atoms with Crippen LogP contribution in [0.15, 0.2) is 18.2 Å². The molecule has 1 nitrogen and oxygen atoms in total.